The van der Waals surface area contributed by atoms with Crippen molar-refractivity contribution in [2.75, 3.05) is 0 Å². The molecule has 5 aromatic carbocycles. The fourth-order valence-corrected chi connectivity index (χ4v) is 5.42. The first-order valence-electron chi connectivity index (χ1n) is 10.8. The fourth-order valence-electron chi connectivity index (χ4n) is 5.42. The Morgan fingerprint density at radius 3 is 1.76 bits per heavy atom. The molecule has 0 saturated heterocycles. The van der Waals surface area contributed by atoms with E-state index in [2.05, 4.69) is 86.9 Å². The molecule has 3 nitrogen and oxygen atoms in total. The molecule has 0 bridgehead atoms. The second-order valence-corrected chi connectivity index (χ2v) is 8.35. The van der Waals surface area contributed by atoms with E-state index >= 15 is 0 Å². The number of hydrogen-bond donors (Lipinski definition) is 0. The van der Waals surface area contributed by atoms with E-state index in [9.17, 15) is 0 Å². The molecule has 0 aliphatic heterocycles. The van der Waals surface area contributed by atoms with Crippen LogP contribution in [0, 0.1) is 13.1 Å². The second-order valence-electron chi connectivity index (χ2n) is 8.35. The largest absolute Gasteiger partial charge is 0.310 e. The molecule has 0 aliphatic rings. The van der Waals surface area contributed by atoms with Crippen molar-refractivity contribution >= 4 is 71.0 Å². The molecule has 0 aliphatic carbocycles. The van der Waals surface area contributed by atoms with Gasteiger partial charge in [0.2, 0.25) is 0 Å². The van der Waals surface area contributed by atoms with Crippen LogP contribution >= 0.6 is 0 Å². The van der Waals surface area contributed by atoms with Crippen molar-refractivity contribution in [2.45, 2.75) is 0 Å². The van der Waals surface area contributed by atoms with E-state index in [1.807, 2.05) is 18.2 Å². The van der Waals surface area contributed by atoms with Crippen molar-refractivity contribution in [3.63, 3.8) is 0 Å². The quantitative estimate of drug-likeness (QED) is 0.173. The summed E-state index contributed by atoms with van der Waals surface area (Å²) in [7, 11) is 0. The van der Waals surface area contributed by atoms with Crippen LogP contribution in [0.15, 0.2) is 91.0 Å². The minimum absolute atomic E-state index is 0.390. The molecule has 0 saturated carbocycles. The van der Waals surface area contributed by atoms with E-state index in [1.165, 1.54) is 21.5 Å². The van der Waals surface area contributed by atoms with E-state index in [-0.39, 0.29) is 0 Å². The standard InChI is InChI=1S/C30H15N3/c1-31-24-16-23-27(17-25(24)32-2)33-26-14-8-3-9-18(26)15-28(33)30-22-13-7-5-11-20(22)19-10-4-6-12-21(19)29(23)30/h3-17H. The average Bonchev–Trinajstić information content (AvgIpc) is 3.27. The SMILES string of the molecule is [C-]#[N+]c1cc2c3c4ccccc4c4ccccc4c3c3cc4ccccc4n3c2cc1[N+]#[C-]. The van der Waals surface area contributed by atoms with Gasteiger partial charge in [0.25, 0.3) is 0 Å². The Labute approximate surface area is 189 Å². The van der Waals surface area contributed by atoms with Gasteiger partial charge in [-0.05, 0) is 45.1 Å². The first kappa shape index (κ1) is 17.8. The Balaban J connectivity index is 1.96. The van der Waals surface area contributed by atoms with Crippen LogP contribution in [0.1, 0.15) is 0 Å². The van der Waals surface area contributed by atoms with Crippen LogP contribution in [0.2, 0.25) is 0 Å². The van der Waals surface area contributed by atoms with E-state index in [4.69, 9.17) is 13.1 Å². The molecular weight excluding hydrogens is 402 g/mol. The Morgan fingerprint density at radius 2 is 1.06 bits per heavy atom. The summed E-state index contributed by atoms with van der Waals surface area (Å²) in [5.41, 5.74) is 3.96. The molecule has 2 aromatic heterocycles. The molecule has 2 heterocycles. The van der Waals surface area contributed by atoms with Gasteiger partial charge in [-0.1, -0.05) is 72.8 Å². The summed E-state index contributed by atoms with van der Waals surface area (Å²) in [6.07, 6.45) is 0. The third-order valence-corrected chi connectivity index (χ3v) is 6.74. The van der Waals surface area contributed by atoms with Crippen LogP contribution in [-0.2, 0) is 0 Å². The molecule has 7 aromatic rings. The summed E-state index contributed by atoms with van der Waals surface area (Å²) >= 11 is 0. The molecule has 0 atom stereocenters. The zero-order valence-corrected chi connectivity index (χ0v) is 17.5. The predicted molar refractivity (Wildman–Crippen MR) is 137 cm³/mol. The minimum Gasteiger partial charge on any atom is -0.310 e. The summed E-state index contributed by atoms with van der Waals surface area (Å²) in [4.78, 5) is 7.38. The van der Waals surface area contributed by atoms with E-state index in [0.29, 0.717) is 11.4 Å². The van der Waals surface area contributed by atoms with Crippen LogP contribution in [0.5, 0.6) is 0 Å². The average molecular weight is 417 g/mol. The van der Waals surface area contributed by atoms with Gasteiger partial charge in [0.15, 0.2) is 11.4 Å². The van der Waals surface area contributed by atoms with Crippen molar-refractivity contribution in [2.24, 2.45) is 0 Å². The maximum Gasteiger partial charge on any atom is 0.196 e. The molecule has 150 valence electrons. The highest BCUT2D eigenvalue weighted by molar-refractivity contribution is 6.35. The van der Waals surface area contributed by atoms with E-state index in [0.717, 1.165) is 38.1 Å². The summed E-state index contributed by atoms with van der Waals surface area (Å²) in [5, 5.41) is 9.24. The van der Waals surface area contributed by atoms with Crippen molar-refractivity contribution in [1.82, 2.24) is 4.40 Å². The van der Waals surface area contributed by atoms with Gasteiger partial charge in [0, 0.05) is 21.7 Å². The fraction of sp³-hybridized carbons (Fsp3) is 0. The third-order valence-electron chi connectivity index (χ3n) is 6.74. The number of para-hydroxylation sites is 1. The Kier molecular flexibility index (Phi) is 3.41. The maximum atomic E-state index is 7.70. The Hall–Kier alpha value is -4.86. The molecule has 0 fully saturated rings. The summed E-state index contributed by atoms with van der Waals surface area (Å²) in [6.45, 7) is 15.4. The number of rotatable bonds is 0. The number of nitrogens with zero attached hydrogens (tertiary/aromatic N) is 3. The van der Waals surface area contributed by atoms with Crippen LogP contribution in [0.3, 0.4) is 0 Å². The monoisotopic (exact) mass is 417 g/mol. The summed E-state index contributed by atoms with van der Waals surface area (Å²) < 4.78 is 2.26. The van der Waals surface area contributed by atoms with Gasteiger partial charge in [-0.3, -0.25) is 9.69 Å². The lowest BCUT2D eigenvalue weighted by Crippen LogP contribution is -1.93. The lowest BCUT2D eigenvalue weighted by atomic mass is 9.92. The Bertz CT molecular complexity index is 2050. The molecule has 0 N–H and O–H groups in total. The third kappa shape index (κ3) is 2.21. The molecule has 33 heavy (non-hydrogen) atoms. The van der Waals surface area contributed by atoms with Gasteiger partial charge < -0.3 is 4.40 Å². The molecule has 0 amide bonds. The predicted octanol–water partition coefficient (Wildman–Crippen LogP) is 8.81. The molecular formula is C30H15N3. The van der Waals surface area contributed by atoms with Gasteiger partial charge >= 0.3 is 0 Å². The molecule has 7 rings (SSSR count). The van der Waals surface area contributed by atoms with Crippen LogP contribution < -0.4 is 0 Å². The smallest absolute Gasteiger partial charge is 0.196 e. The number of hydrogen-bond acceptors (Lipinski definition) is 0. The first-order chi connectivity index (χ1) is 16.3. The number of aromatic nitrogens is 1. The van der Waals surface area contributed by atoms with Gasteiger partial charge in [0.05, 0.1) is 24.2 Å². The number of fused-ring (bicyclic) bond motifs is 13. The van der Waals surface area contributed by atoms with Crippen molar-refractivity contribution in [3.8, 4) is 0 Å². The van der Waals surface area contributed by atoms with E-state index in [1.54, 1.807) is 0 Å². The molecule has 0 unspecified atom stereocenters. The summed E-state index contributed by atoms with van der Waals surface area (Å²) in [6, 6.07) is 31.5. The highest BCUT2D eigenvalue weighted by Crippen LogP contribution is 2.45. The topological polar surface area (TPSA) is 13.1 Å². The lowest BCUT2D eigenvalue weighted by molar-refractivity contribution is 1.35. The zero-order chi connectivity index (χ0) is 22.1. The van der Waals surface area contributed by atoms with Crippen LogP contribution in [-0.4, -0.2) is 4.40 Å². The first-order valence-corrected chi connectivity index (χ1v) is 10.8. The molecule has 0 radical (unpaired) electrons. The van der Waals surface area contributed by atoms with Gasteiger partial charge in [0.1, 0.15) is 0 Å². The van der Waals surface area contributed by atoms with Gasteiger partial charge in [-0.2, -0.15) is 0 Å². The second kappa shape index (κ2) is 6.33. The van der Waals surface area contributed by atoms with Crippen LogP contribution in [0.4, 0.5) is 11.4 Å². The number of benzene rings is 5. The van der Waals surface area contributed by atoms with Gasteiger partial charge in [-0.25, -0.2) is 0 Å². The van der Waals surface area contributed by atoms with Crippen molar-refractivity contribution in [1.29, 1.82) is 0 Å². The van der Waals surface area contributed by atoms with Gasteiger partial charge in [-0.15, -0.1) is 0 Å². The zero-order valence-electron chi connectivity index (χ0n) is 17.5. The van der Waals surface area contributed by atoms with Crippen molar-refractivity contribution in [3.05, 3.63) is 114 Å². The minimum atomic E-state index is 0.390. The highest BCUT2D eigenvalue weighted by Gasteiger charge is 2.19. The summed E-state index contributed by atoms with van der Waals surface area (Å²) in [5.74, 6) is 0. The Morgan fingerprint density at radius 1 is 0.485 bits per heavy atom. The van der Waals surface area contributed by atoms with E-state index < -0.39 is 0 Å². The highest BCUT2D eigenvalue weighted by atomic mass is 14.9. The maximum absolute atomic E-state index is 7.70. The van der Waals surface area contributed by atoms with Crippen LogP contribution in [0.25, 0.3) is 69.3 Å². The number of pyridine rings is 1. The molecule has 3 heteroatoms. The normalized spacial score (nSPS) is 11.6. The van der Waals surface area contributed by atoms with Crippen molar-refractivity contribution < 1.29 is 0 Å². The lowest BCUT2D eigenvalue weighted by Gasteiger charge is -2.16. The molecule has 0 spiro atoms.